The molecule has 19 heavy (non-hydrogen) atoms. The Morgan fingerprint density at radius 2 is 1.95 bits per heavy atom. The zero-order chi connectivity index (χ0) is 13.3. The van der Waals surface area contributed by atoms with Crippen molar-refractivity contribution in [3.05, 3.63) is 42.5 Å². The van der Waals surface area contributed by atoms with Crippen LogP contribution >= 0.6 is 0 Å². The molecule has 6 heteroatoms. The number of hydrogen-bond donors (Lipinski definition) is 3. The Morgan fingerprint density at radius 3 is 2.68 bits per heavy atom. The molecular formula is C13H18N6. The van der Waals surface area contributed by atoms with Crippen LogP contribution in [-0.4, -0.2) is 35.1 Å². The quantitative estimate of drug-likeness (QED) is 0.646. The minimum absolute atomic E-state index is 0.695. The number of rotatable bonds is 7. The van der Waals surface area contributed by atoms with Crippen molar-refractivity contribution in [2.45, 2.75) is 6.54 Å². The van der Waals surface area contributed by atoms with Crippen LogP contribution in [0.3, 0.4) is 0 Å². The van der Waals surface area contributed by atoms with E-state index in [1.165, 1.54) is 0 Å². The Balaban J connectivity index is 1.88. The van der Waals surface area contributed by atoms with E-state index in [1.54, 1.807) is 12.5 Å². The van der Waals surface area contributed by atoms with Gasteiger partial charge in [0.25, 0.3) is 0 Å². The normalized spacial score (nSPS) is 10.2. The Kier molecular flexibility index (Phi) is 5.06. The lowest BCUT2D eigenvalue weighted by atomic mass is 10.3. The van der Waals surface area contributed by atoms with E-state index in [9.17, 15) is 0 Å². The summed E-state index contributed by atoms with van der Waals surface area (Å²) in [6.07, 6.45) is 5.14. The molecule has 0 aliphatic carbocycles. The summed E-state index contributed by atoms with van der Waals surface area (Å²) in [5.74, 6) is 1.62. The van der Waals surface area contributed by atoms with Crippen LogP contribution in [0.2, 0.25) is 0 Å². The summed E-state index contributed by atoms with van der Waals surface area (Å²) in [5, 5.41) is 9.53. The molecule has 100 valence electrons. The van der Waals surface area contributed by atoms with E-state index in [0.29, 0.717) is 6.54 Å². The second kappa shape index (κ2) is 7.27. The third-order valence-corrected chi connectivity index (χ3v) is 2.54. The van der Waals surface area contributed by atoms with E-state index in [1.807, 2.05) is 31.4 Å². The lowest BCUT2D eigenvalue weighted by Crippen LogP contribution is -2.18. The first-order valence-corrected chi connectivity index (χ1v) is 6.22. The van der Waals surface area contributed by atoms with Crippen molar-refractivity contribution < 1.29 is 0 Å². The molecule has 2 heterocycles. The molecule has 6 nitrogen and oxygen atoms in total. The molecule has 3 N–H and O–H groups in total. The van der Waals surface area contributed by atoms with Crippen molar-refractivity contribution in [1.82, 2.24) is 20.3 Å². The Labute approximate surface area is 112 Å². The van der Waals surface area contributed by atoms with Gasteiger partial charge in [-0.05, 0) is 18.7 Å². The van der Waals surface area contributed by atoms with E-state index < -0.39 is 0 Å². The van der Waals surface area contributed by atoms with Gasteiger partial charge in [-0.15, -0.1) is 0 Å². The fourth-order valence-corrected chi connectivity index (χ4v) is 1.56. The summed E-state index contributed by atoms with van der Waals surface area (Å²) < 4.78 is 0. The molecule has 0 amide bonds. The Hall–Kier alpha value is -2.21. The molecular weight excluding hydrogens is 240 g/mol. The topological polar surface area (TPSA) is 74.8 Å². The monoisotopic (exact) mass is 258 g/mol. The van der Waals surface area contributed by atoms with Crippen LogP contribution in [0.25, 0.3) is 0 Å². The average Bonchev–Trinajstić information content (AvgIpc) is 2.47. The molecule has 2 aromatic rings. The van der Waals surface area contributed by atoms with Crippen molar-refractivity contribution in [2.75, 3.05) is 30.8 Å². The van der Waals surface area contributed by atoms with Gasteiger partial charge >= 0.3 is 0 Å². The zero-order valence-corrected chi connectivity index (χ0v) is 10.9. The van der Waals surface area contributed by atoms with Gasteiger partial charge in [0.2, 0.25) is 0 Å². The minimum atomic E-state index is 0.695. The van der Waals surface area contributed by atoms with E-state index >= 15 is 0 Å². The molecule has 0 bridgehead atoms. The smallest absolute Gasteiger partial charge is 0.131 e. The van der Waals surface area contributed by atoms with Crippen LogP contribution in [0.1, 0.15) is 5.56 Å². The van der Waals surface area contributed by atoms with Gasteiger partial charge in [0, 0.05) is 38.1 Å². The van der Waals surface area contributed by atoms with Gasteiger partial charge in [-0.2, -0.15) is 0 Å². The molecule has 0 saturated carbocycles. The summed E-state index contributed by atoms with van der Waals surface area (Å²) in [4.78, 5) is 12.4. The molecule has 0 aliphatic heterocycles. The summed E-state index contributed by atoms with van der Waals surface area (Å²) in [5.41, 5.74) is 1.12. The number of anilines is 2. The molecule has 0 aliphatic rings. The summed E-state index contributed by atoms with van der Waals surface area (Å²) in [7, 11) is 1.92. The zero-order valence-electron chi connectivity index (χ0n) is 10.9. The van der Waals surface area contributed by atoms with Crippen LogP contribution in [0.5, 0.6) is 0 Å². The standard InChI is InChI=1S/C13H18N6/c1-14-5-6-16-12-7-13(19-10-18-12)17-9-11-3-2-4-15-8-11/h2-4,7-8,10,14H,5-6,9H2,1H3,(H2,16,17,18,19). The molecule has 0 fully saturated rings. The predicted molar refractivity (Wildman–Crippen MR) is 76.0 cm³/mol. The van der Waals surface area contributed by atoms with Gasteiger partial charge in [-0.1, -0.05) is 6.07 Å². The van der Waals surface area contributed by atoms with Gasteiger partial charge in [-0.3, -0.25) is 4.98 Å². The molecule has 0 atom stereocenters. The van der Waals surface area contributed by atoms with Crippen molar-refractivity contribution in [3.63, 3.8) is 0 Å². The van der Waals surface area contributed by atoms with Crippen LogP contribution in [0.4, 0.5) is 11.6 Å². The van der Waals surface area contributed by atoms with Crippen molar-refractivity contribution in [3.8, 4) is 0 Å². The Morgan fingerprint density at radius 1 is 1.11 bits per heavy atom. The van der Waals surface area contributed by atoms with Gasteiger partial charge in [0.15, 0.2) is 0 Å². The van der Waals surface area contributed by atoms with Gasteiger partial charge < -0.3 is 16.0 Å². The summed E-state index contributed by atoms with van der Waals surface area (Å²) >= 11 is 0. The average molecular weight is 258 g/mol. The molecule has 2 aromatic heterocycles. The number of likely N-dealkylation sites (N-methyl/N-ethyl adjacent to an activating group) is 1. The molecule has 0 radical (unpaired) electrons. The molecule has 0 unspecified atom stereocenters. The third kappa shape index (κ3) is 4.51. The number of pyridine rings is 1. The van der Waals surface area contributed by atoms with Crippen LogP contribution in [-0.2, 0) is 6.54 Å². The van der Waals surface area contributed by atoms with Crippen LogP contribution in [0, 0.1) is 0 Å². The van der Waals surface area contributed by atoms with Crippen LogP contribution < -0.4 is 16.0 Å². The third-order valence-electron chi connectivity index (χ3n) is 2.54. The van der Waals surface area contributed by atoms with Crippen molar-refractivity contribution in [1.29, 1.82) is 0 Å². The fourth-order valence-electron chi connectivity index (χ4n) is 1.56. The molecule has 0 spiro atoms. The number of nitrogens with one attached hydrogen (secondary N) is 3. The van der Waals surface area contributed by atoms with Gasteiger partial charge in [-0.25, -0.2) is 9.97 Å². The second-order valence-corrected chi connectivity index (χ2v) is 4.03. The van der Waals surface area contributed by atoms with Crippen LogP contribution in [0.15, 0.2) is 36.9 Å². The maximum Gasteiger partial charge on any atom is 0.131 e. The molecule has 0 aromatic carbocycles. The first-order valence-electron chi connectivity index (χ1n) is 6.22. The Bertz CT molecular complexity index is 488. The minimum Gasteiger partial charge on any atom is -0.369 e. The van der Waals surface area contributed by atoms with Gasteiger partial charge in [0.1, 0.15) is 18.0 Å². The highest BCUT2D eigenvalue weighted by atomic mass is 15.1. The van der Waals surface area contributed by atoms with E-state index in [0.717, 1.165) is 30.3 Å². The lowest BCUT2D eigenvalue weighted by molar-refractivity contribution is 0.821. The van der Waals surface area contributed by atoms with E-state index in [-0.39, 0.29) is 0 Å². The fraction of sp³-hybridized carbons (Fsp3) is 0.308. The predicted octanol–water partition coefficient (Wildman–Crippen LogP) is 1.11. The SMILES string of the molecule is CNCCNc1cc(NCc2cccnc2)ncn1. The van der Waals surface area contributed by atoms with E-state index in [2.05, 4.69) is 30.9 Å². The van der Waals surface area contributed by atoms with Gasteiger partial charge in [0.05, 0.1) is 0 Å². The van der Waals surface area contributed by atoms with Crippen molar-refractivity contribution >= 4 is 11.6 Å². The number of nitrogens with zero attached hydrogens (tertiary/aromatic N) is 3. The number of aromatic nitrogens is 3. The van der Waals surface area contributed by atoms with Crippen molar-refractivity contribution in [2.24, 2.45) is 0 Å². The number of hydrogen-bond acceptors (Lipinski definition) is 6. The molecule has 0 saturated heterocycles. The maximum absolute atomic E-state index is 4.18. The highest BCUT2D eigenvalue weighted by Crippen LogP contribution is 2.09. The highest BCUT2D eigenvalue weighted by Gasteiger charge is 1.98. The summed E-state index contributed by atoms with van der Waals surface area (Å²) in [6, 6.07) is 5.83. The largest absolute Gasteiger partial charge is 0.369 e. The first kappa shape index (κ1) is 13.2. The lowest BCUT2D eigenvalue weighted by Gasteiger charge is -2.08. The maximum atomic E-state index is 4.18. The molecule has 2 rings (SSSR count). The first-order chi connectivity index (χ1) is 9.38. The second-order valence-electron chi connectivity index (χ2n) is 4.03. The van der Waals surface area contributed by atoms with E-state index in [4.69, 9.17) is 0 Å². The highest BCUT2D eigenvalue weighted by molar-refractivity contribution is 5.46. The summed E-state index contributed by atoms with van der Waals surface area (Å²) in [6.45, 7) is 2.42.